The van der Waals surface area contributed by atoms with Gasteiger partial charge in [-0.1, -0.05) is 33.9 Å². The number of aromatic nitrogens is 1. The lowest BCUT2D eigenvalue weighted by Crippen LogP contribution is -2.74. The zero-order chi connectivity index (χ0) is 17.6. The van der Waals surface area contributed by atoms with Crippen LogP contribution in [0.2, 0.25) is 18.1 Å². The molecular formula is C15H25N3O3SSi. The van der Waals surface area contributed by atoms with Gasteiger partial charge in [0.25, 0.3) is 0 Å². The molecule has 1 saturated heterocycles. The number of β-lactam (4-membered cyclic amide) rings is 1. The zero-order valence-electron chi connectivity index (χ0n) is 14.3. The van der Waals surface area contributed by atoms with Crippen molar-refractivity contribution in [1.82, 2.24) is 9.55 Å². The van der Waals surface area contributed by atoms with Crippen molar-refractivity contribution in [1.29, 1.82) is 0 Å². The van der Waals surface area contributed by atoms with E-state index in [1.165, 1.54) is 11.3 Å². The largest absolute Gasteiger partial charge is 0.480 e. The monoisotopic (exact) mass is 355 g/mol. The van der Waals surface area contributed by atoms with E-state index in [9.17, 15) is 14.7 Å². The van der Waals surface area contributed by atoms with Gasteiger partial charge in [0.1, 0.15) is 6.04 Å². The SMILES string of the molecule is CC(C)(C)[Si](C)(C)N1C(=O)[C@H](CCc2cnc(N)s2)[C@H]1C(=O)O. The fourth-order valence-corrected chi connectivity index (χ4v) is 5.96. The molecule has 0 bridgehead atoms. The Morgan fingerprint density at radius 2 is 2.09 bits per heavy atom. The number of aryl methyl sites for hydroxylation is 1. The molecule has 1 aliphatic heterocycles. The standard InChI is InChI=1S/C15H25N3O3SSi/c1-15(2,3)23(4,5)18-11(13(20)21)10(12(18)19)7-6-9-8-17-14(16)22-9/h8,10-11H,6-7H2,1-5H3,(H2,16,17)(H,20,21)/t10-,11+/m1/s1. The number of nitrogens with two attached hydrogens (primary N) is 1. The average Bonchev–Trinajstić information content (AvgIpc) is 2.79. The summed E-state index contributed by atoms with van der Waals surface area (Å²) in [6.07, 6.45) is 2.87. The van der Waals surface area contributed by atoms with Crippen molar-refractivity contribution in [3.8, 4) is 0 Å². The number of carbonyl (C=O) groups is 2. The summed E-state index contributed by atoms with van der Waals surface area (Å²) >= 11 is 1.39. The summed E-state index contributed by atoms with van der Waals surface area (Å²) < 4.78 is 1.68. The van der Waals surface area contributed by atoms with Gasteiger partial charge in [0.05, 0.1) is 5.92 Å². The molecule has 0 aliphatic carbocycles. The van der Waals surface area contributed by atoms with Crippen molar-refractivity contribution in [2.45, 2.75) is 57.8 Å². The van der Waals surface area contributed by atoms with Crippen LogP contribution in [-0.2, 0) is 16.0 Å². The summed E-state index contributed by atoms with van der Waals surface area (Å²) in [5.74, 6) is -1.35. The van der Waals surface area contributed by atoms with E-state index in [0.717, 1.165) is 4.88 Å². The van der Waals surface area contributed by atoms with E-state index in [4.69, 9.17) is 5.73 Å². The number of aliphatic carboxylic acids is 1. The van der Waals surface area contributed by atoms with Gasteiger partial charge >= 0.3 is 5.97 Å². The van der Waals surface area contributed by atoms with Crippen LogP contribution in [-0.4, -0.2) is 40.8 Å². The Labute approximate surface area is 141 Å². The first-order valence-corrected chi connectivity index (χ1v) is 11.5. The molecule has 0 aromatic carbocycles. The predicted octanol–water partition coefficient (Wildman–Crippen LogP) is 2.57. The van der Waals surface area contributed by atoms with Crippen LogP contribution in [0, 0.1) is 5.92 Å². The minimum Gasteiger partial charge on any atom is -0.480 e. The van der Waals surface area contributed by atoms with Crippen molar-refractivity contribution in [3.05, 3.63) is 11.1 Å². The fourth-order valence-electron chi connectivity index (χ4n) is 2.83. The minimum atomic E-state index is -2.18. The lowest BCUT2D eigenvalue weighted by Gasteiger charge is -2.56. The normalized spacial score (nSPS) is 22.1. The van der Waals surface area contributed by atoms with Crippen LogP contribution < -0.4 is 5.73 Å². The van der Waals surface area contributed by atoms with Gasteiger partial charge in [-0.05, 0) is 17.9 Å². The van der Waals surface area contributed by atoms with Crippen molar-refractivity contribution < 1.29 is 14.7 Å². The molecule has 1 fully saturated rings. The predicted molar refractivity (Wildman–Crippen MR) is 93.8 cm³/mol. The Bertz CT molecular complexity index is 624. The van der Waals surface area contributed by atoms with Gasteiger partial charge < -0.3 is 15.4 Å². The average molecular weight is 356 g/mol. The van der Waals surface area contributed by atoms with Crippen molar-refractivity contribution in [2.24, 2.45) is 5.92 Å². The van der Waals surface area contributed by atoms with Crippen molar-refractivity contribution in [2.75, 3.05) is 5.73 Å². The molecule has 1 amide bonds. The molecule has 0 saturated carbocycles. The zero-order valence-corrected chi connectivity index (χ0v) is 16.1. The molecule has 0 radical (unpaired) electrons. The third-order valence-corrected chi connectivity index (χ3v) is 11.4. The van der Waals surface area contributed by atoms with Gasteiger partial charge in [-0.15, -0.1) is 11.3 Å². The number of hydrogen-bond donors (Lipinski definition) is 2. The summed E-state index contributed by atoms with van der Waals surface area (Å²) in [6.45, 7) is 10.4. The summed E-state index contributed by atoms with van der Waals surface area (Å²) in [6, 6.07) is -0.700. The summed E-state index contributed by atoms with van der Waals surface area (Å²) in [4.78, 5) is 29.4. The highest BCUT2D eigenvalue weighted by Crippen LogP contribution is 2.45. The summed E-state index contributed by atoms with van der Waals surface area (Å²) in [5, 5.41) is 10.0. The van der Waals surface area contributed by atoms with E-state index in [1.54, 1.807) is 10.8 Å². The first-order chi connectivity index (χ1) is 10.5. The number of thiazole rings is 1. The van der Waals surface area contributed by atoms with Gasteiger partial charge in [-0.2, -0.15) is 0 Å². The highest BCUT2D eigenvalue weighted by atomic mass is 32.1. The molecule has 2 atom stereocenters. The molecule has 6 nitrogen and oxygen atoms in total. The molecular weight excluding hydrogens is 330 g/mol. The highest BCUT2D eigenvalue weighted by molar-refractivity contribution is 7.15. The Kier molecular flexibility index (Phi) is 4.60. The number of hydrogen-bond acceptors (Lipinski definition) is 5. The Balaban J connectivity index is 2.14. The molecule has 1 aliphatic rings. The van der Waals surface area contributed by atoms with Crippen LogP contribution in [0.15, 0.2) is 6.20 Å². The number of anilines is 1. The van der Waals surface area contributed by atoms with Crippen LogP contribution in [0.1, 0.15) is 32.1 Å². The quantitative estimate of drug-likeness (QED) is 0.625. The second kappa shape index (κ2) is 5.90. The van der Waals surface area contributed by atoms with Gasteiger partial charge in [-0.25, -0.2) is 9.78 Å². The van der Waals surface area contributed by atoms with Crippen molar-refractivity contribution in [3.63, 3.8) is 0 Å². The first-order valence-electron chi connectivity index (χ1n) is 7.73. The van der Waals surface area contributed by atoms with E-state index in [2.05, 4.69) is 38.8 Å². The molecule has 2 rings (SSSR count). The minimum absolute atomic E-state index is 0.0125. The fraction of sp³-hybridized carbons (Fsp3) is 0.667. The number of carbonyl (C=O) groups excluding carboxylic acids is 1. The summed E-state index contributed by atoms with van der Waals surface area (Å²) in [7, 11) is -2.18. The number of carboxylic acids is 1. The number of carboxylic acid groups (broad SMARTS) is 1. The number of nitrogens with zero attached hydrogens (tertiary/aromatic N) is 2. The molecule has 1 aromatic heterocycles. The Morgan fingerprint density at radius 3 is 2.52 bits per heavy atom. The topological polar surface area (TPSA) is 96.5 Å². The molecule has 128 valence electrons. The van der Waals surface area contributed by atoms with Gasteiger partial charge in [0.15, 0.2) is 13.4 Å². The first kappa shape index (κ1) is 17.9. The molecule has 0 unspecified atom stereocenters. The van der Waals surface area contributed by atoms with E-state index in [0.29, 0.717) is 18.0 Å². The smallest absolute Gasteiger partial charge is 0.326 e. The van der Waals surface area contributed by atoms with Gasteiger partial charge in [-0.3, -0.25) is 4.79 Å². The molecule has 23 heavy (non-hydrogen) atoms. The maximum atomic E-state index is 12.7. The van der Waals surface area contributed by atoms with E-state index < -0.39 is 26.2 Å². The third kappa shape index (κ3) is 3.14. The van der Waals surface area contributed by atoms with Crippen molar-refractivity contribution >= 4 is 36.6 Å². The van der Waals surface area contributed by atoms with E-state index in [1.807, 2.05) is 0 Å². The number of rotatable bonds is 5. The molecule has 8 heteroatoms. The van der Waals surface area contributed by atoms with Crippen LogP contribution in [0.4, 0.5) is 5.13 Å². The number of nitrogen functional groups attached to an aromatic ring is 1. The van der Waals surface area contributed by atoms with E-state index >= 15 is 0 Å². The lowest BCUT2D eigenvalue weighted by atomic mass is 9.86. The maximum Gasteiger partial charge on any atom is 0.326 e. The van der Waals surface area contributed by atoms with Gasteiger partial charge in [0.2, 0.25) is 5.91 Å². The second-order valence-corrected chi connectivity index (χ2v) is 13.9. The third-order valence-electron chi connectivity index (χ3n) is 5.18. The van der Waals surface area contributed by atoms with Crippen LogP contribution in [0.5, 0.6) is 0 Å². The van der Waals surface area contributed by atoms with Gasteiger partial charge in [0, 0.05) is 11.1 Å². The van der Waals surface area contributed by atoms with Crippen LogP contribution in [0.25, 0.3) is 0 Å². The van der Waals surface area contributed by atoms with E-state index in [-0.39, 0.29) is 10.9 Å². The Hall–Kier alpha value is -1.41. The lowest BCUT2D eigenvalue weighted by molar-refractivity contribution is -0.164. The molecule has 2 heterocycles. The van der Waals surface area contributed by atoms with Crippen LogP contribution in [0.3, 0.4) is 0 Å². The maximum absolute atomic E-state index is 12.7. The summed E-state index contributed by atoms with van der Waals surface area (Å²) in [5.41, 5.74) is 5.60. The highest BCUT2D eigenvalue weighted by Gasteiger charge is 2.59. The Morgan fingerprint density at radius 1 is 1.48 bits per heavy atom. The second-order valence-electron chi connectivity index (χ2n) is 7.61. The molecule has 3 N–H and O–H groups in total. The molecule has 1 aromatic rings. The number of amides is 1. The molecule has 0 spiro atoms. The van der Waals surface area contributed by atoms with Crippen LogP contribution >= 0.6 is 11.3 Å².